The molecule has 0 aliphatic carbocycles. The van der Waals surface area contributed by atoms with Gasteiger partial charge >= 0.3 is 0 Å². The summed E-state index contributed by atoms with van der Waals surface area (Å²) in [5, 5.41) is 0. The second kappa shape index (κ2) is 4.81. The van der Waals surface area contributed by atoms with Crippen LogP contribution < -0.4 is 5.56 Å². The zero-order chi connectivity index (χ0) is 15.1. The lowest BCUT2D eigenvalue weighted by molar-refractivity contribution is 0.630. The molecule has 0 saturated heterocycles. The summed E-state index contributed by atoms with van der Waals surface area (Å²) in [4.78, 5) is 12.9. The van der Waals surface area contributed by atoms with Gasteiger partial charge in [0.15, 0.2) is 0 Å². The van der Waals surface area contributed by atoms with E-state index in [2.05, 4.69) is 0 Å². The molecular weight excluding hydrogens is 262 g/mol. The summed E-state index contributed by atoms with van der Waals surface area (Å²) in [6.07, 6.45) is 0. The number of rotatable bonds is 2. The van der Waals surface area contributed by atoms with E-state index in [9.17, 15) is 4.79 Å². The van der Waals surface area contributed by atoms with Crippen LogP contribution in [0.1, 0.15) is 17.1 Å². The number of benzene rings is 1. The van der Waals surface area contributed by atoms with Crippen molar-refractivity contribution in [3.63, 3.8) is 0 Å². The molecular formula is C17H19N3O. The van der Waals surface area contributed by atoms with Crippen molar-refractivity contribution in [2.45, 2.75) is 20.8 Å². The molecule has 0 N–H and O–H groups in total. The highest BCUT2D eigenvalue weighted by atomic mass is 16.1. The van der Waals surface area contributed by atoms with Gasteiger partial charge in [0.1, 0.15) is 5.69 Å². The Balaban J connectivity index is 2.34. The van der Waals surface area contributed by atoms with Crippen LogP contribution in [-0.4, -0.2) is 13.9 Å². The van der Waals surface area contributed by atoms with E-state index in [1.54, 1.807) is 4.68 Å². The van der Waals surface area contributed by atoms with Crippen LogP contribution in [0.3, 0.4) is 0 Å². The maximum Gasteiger partial charge on any atom is 0.295 e. The molecule has 0 aliphatic rings. The molecule has 4 heteroatoms. The minimum absolute atomic E-state index is 0.00333. The summed E-state index contributed by atoms with van der Waals surface area (Å²) in [6, 6.07) is 13.8. The van der Waals surface area contributed by atoms with Crippen LogP contribution in [0.2, 0.25) is 0 Å². The van der Waals surface area contributed by atoms with Crippen molar-refractivity contribution in [1.82, 2.24) is 13.9 Å². The van der Waals surface area contributed by atoms with Crippen molar-refractivity contribution < 1.29 is 0 Å². The molecule has 3 aromatic rings. The normalized spacial score (nSPS) is 11.0. The largest absolute Gasteiger partial charge is 0.312 e. The monoisotopic (exact) mass is 281 g/mol. The molecule has 0 amide bonds. The van der Waals surface area contributed by atoms with Crippen LogP contribution >= 0.6 is 0 Å². The maximum absolute atomic E-state index is 12.9. The van der Waals surface area contributed by atoms with E-state index >= 15 is 0 Å². The van der Waals surface area contributed by atoms with Gasteiger partial charge in [-0.3, -0.25) is 9.48 Å². The van der Waals surface area contributed by atoms with E-state index in [1.165, 1.54) is 0 Å². The molecule has 0 spiro atoms. The van der Waals surface area contributed by atoms with Gasteiger partial charge in [-0.25, -0.2) is 4.68 Å². The van der Waals surface area contributed by atoms with Crippen molar-refractivity contribution in [3.05, 3.63) is 69.9 Å². The second-order valence-electron chi connectivity index (χ2n) is 5.36. The van der Waals surface area contributed by atoms with E-state index in [-0.39, 0.29) is 5.56 Å². The molecule has 0 saturated carbocycles. The number of aryl methyl sites for hydroxylation is 2. The molecule has 2 aromatic heterocycles. The second-order valence-corrected chi connectivity index (χ2v) is 5.36. The molecule has 0 unspecified atom stereocenters. The minimum Gasteiger partial charge on any atom is -0.312 e. The zero-order valence-corrected chi connectivity index (χ0v) is 12.8. The Bertz CT molecular complexity index is 831. The molecule has 0 atom stereocenters. The standard InChI is InChI=1S/C17H19N3O/c1-12-10-11-13(2)19(12)16-14(3)18(4)20(17(16)21)15-8-6-5-7-9-15/h5-11H,1-4H3. The third kappa shape index (κ3) is 1.95. The molecule has 3 rings (SSSR count). The quantitative estimate of drug-likeness (QED) is 0.710. The van der Waals surface area contributed by atoms with Gasteiger partial charge in [0, 0.05) is 18.4 Å². The topological polar surface area (TPSA) is 31.9 Å². The van der Waals surface area contributed by atoms with Crippen molar-refractivity contribution >= 4 is 0 Å². The summed E-state index contributed by atoms with van der Waals surface area (Å²) in [5.41, 5.74) is 4.69. The molecule has 0 radical (unpaired) electrons. The fraction of sp³-hybridized carbons (Fsp3) is 0.235. The summed E-state index contributed by atoms with van der Waals surface area (Å²) in [5.74, 6) is 0. The number of para-hydroxylation sites is 1. The third-order valence-corrected chi connectivity index (χ3v) is 4.02. The van der Waals surface area contributed by atoms with Gasteiger partial charge in [0.05, 0.1) is 11.4 Å². The smallest absolute Gasteiger partial charge is 0.295 e. The van der Waals surface area contributed by atoms with Crippen LogP contribution in [0.25, 0.3) is 11.4 Å². The molecule has 1 aromatic carbocycles. The Morgan fingerprint density at radius 3 is 2.00 bits per heavy atom. The van der Waals surface area contributed by atoms with Crippen LogP contribution in [0.4, 0.5) is 0 Å². The Hall–Kier alpha value is -2.49. The maximum atomic E-state index is 12.9. The molecule has 0 fully saturated rings. The lowest BCUT2D eigenvalue weighted by atomic mass is 10.3. The Kier molecular flexibility index (Phi) is 3.09. The lowest BCUT2D eigenvalue weighted by Gasteiger charge is -2.08. The van der Waals surface area contributed by atoms with Crippen LogP contribution in [0.15, 0.2) is 47.3 Å². The zero-order valence-electron chi connectivity index (χ0n) is 12.8. The SMILES string of the molecule is Cc1ccc(C)n1-c1c(C)n(C)n(-c2ccccc2)c1=O. The summed E-state index contributed by atoms with van der Waals surface area (Å²) >= 11 is 0. The first kappa shape index (κ1) is 13.5. The van der Waals surface area contributed by atoms with Gasteiger partial charge in [0.2, 0.25) is 0 Å². The van der Waals surface area contributed by atoms with Gasteiger partial charge in [-0.15, -0.1) is 0 Å². The van der Waals surface area contributed by atoms with Gasteiger partial charge in [-0.1, -0.05) is 18.2 Å². The van der Waals surface area contributed by atoms with E-state index in [0.717, 1.165) is 28.5 Å². The molecule has 108 valence electrons. The predicted molar refractivity (Wildman–Crippen MR) is 84.5 cm³/mol. The summed E-state index contributed by atoms with van der Waals surface area (Å²) < 4.78 is 5.65. The van der Waals surface area contributed by atoms with E-state index in [4.69, 9.17) is 0 Å². The van der Waals surface area contributed by atoms with Crippen LogP contribution in [0.5, 0.6) is 0 Å². The number of hydrogen-bond donors (Lipinski definition) is 0. The Morgan fingerprint density at radius 2 is 1.43 bits per heavy atom. The average Bonchev–Trinajstić information content (AvgIpc) is 2.90. The van der Waals surface area contributed by atoms with E-state index in [1.807, 2.05) is 79.5 Å². The fourth-order valence-corrected chi connectivity index (χ4v) is 2.83. The number of aromatic nitrogens is 3. The molecule has 0 aliphatic heterocycles. The van der Waals surface area contributed by atoms with Gasteiger partial charge in [-0.05, 0) is 45.0 Å². The third-order valence-electron chi connectivity index (χ3n) is 4.02. The fourth-order valence-electron chi connectivity index (χ4n) is 2.83. The van der Waals surface area contributed by atoms with Gasteiger partial charge in [-0.2, -0.15) is 0 Å². The number of nitrogens with zero attached hydrogens (tertiary/aromatic N) is 3. The highest BCUT2D eigenvalue weighted by Crippen LogP contribution is 2.18. The highest BCUT2D eigenvalue weighted by Gasteiger charge is 2.19. The van der Waals surface area contributed by atoms with Crippen molar-refractivity contribution in [2.75, 3.05) is 0 Å². The van der Waals surface area contributed by atoms with E-state index in [0.29, 0.717) is 0 Å². The molecule has 4 nitrogen and oxygen atoms in total. The Labute approximate surface area is 123 Å². The van der Waals surface area contributed by atoms with Gasteiger partial charge < -0.3 is 4.57 Å². The minimum atomic E-state index is 0.00333. The molecule has 0 bridgehead atoms. The summed E-state index contributed by atoms with van der Waals surface area (Å²) in [7, 11) is 1.92. The lowest BCUT2D eigenvalue weighted by Crippen LogP contribution is -2.21. The van der Waals surface area contributed by atoms with Crippen LogP contribution in [0, 0.1) is 20.8 Å². The number of hydrogen-bond acceptors (Lipinski definition) is 1. The molecule has 21 heavy (non-hydrogen) atoms. The first-order chi connectivity index (χ1) is 10.0. The highest BCUT2D eigenvalue weighted by molar-refractivity contribution is 5.43. The van der Waals surface area contributed by atoms with Gasteiger partial charge in [0.25, 0.3) is 5.56 Å². The van der Waals surface area contributed by atoms with Crippen molar-refractivity contribution in [3.8, 4) is 11.4 Å². The first-order valence-electron chi connectivity index (χ1n) is 7.01. The Morgan fingerprint density at radius 1 is 0.857 bits per heavy atom. The van der Waals surface area contributed by atoms with Crippen molar-refractivity contribution in [2.24, 2.45) is 7.05 Å². The molecule has 2 heterocycles. The first-order valence-corrected chi connectivity index (χ1v) is 7.01. The predicted octanol–water partition coefficient (Wildman–Crippen LogP) is 2.89. The summed E-state index contributed by atoms with van der Waals surface area (Å²) in [6.45, 7) is 6.02. The van der Waals surface area contributed by atoms with Crippen molar-refractivity contribution in [1.29, 1.82) is 0 Å². The average molecular weight is 281 g/mol. The van der Waals surface area contributed by atoms with E-state index < -0.39 is 0 Å². The van der Waals surface area contributed by atoms with Crippen LogP contribution in [-0.2, 0) is 7.05 Å².